The maximum Gasteiger partial charge on any atom is 0.275 e. The molecule has 0 saturated heterocycles. The molecule has 31 heavy (non-hydrogen) atoms. The van der Waals surface area contributed by atoms with Crippen LogP contribution in [0.4, 0.5) is 11.4 Å². The molecule has 0 fully saturated rings. The first-order valence-corrected chi connectivity index (χ1v) is 11.2. The van der Waals surface area contributed by atoms with Gasteiger partial charge in [0.2, 0.25) is 0 Å². The Hall–Kier alpha value is -3.10. The van der Waals surface area contributed by atoms with Gasteiger partial charge in [0.25, 0.3) is 15.7 Å². The monoisotopic (exact) mass is 460 g/mol. The average Bonchev–Trinajstić information content (AvgIpc) is 2.67. The normalized spacial score (nSPS) is 11.3. The van der Waals surface area contributed by atoms with E-state index in [1.165, 1.54) is 12.1 Å². The number of ether oxygens (including phenoxy) is 1. The third kappa shape index (κ3) is 4.98. The fourth-order valence-corrected chi connectivity index (χ4v) is 5.02. The summed E-state index contributed by atoms with van der Waals surface area (Å²) >= 11 is 5.86. The number of anilines is 1. The molecule has 0 atom stereocenters. The molecule has 0 spiro atoms. The van der Waals surface area contributed by atoms with E-state index in [1.807, 2.05) is 19.9 Å². The van der Waals surface area contributed by atoms with Crippen LogP contribution in [-0.2, 0) is 10.0 Å². The number of hydrogen-bond acceptors (Lipinski definition) is 5. The zero-order valence-electron chi connectivity index (χ0n) is 17.4. The summed E-state index contributed by atoms with van der Waals surface area (Å²) in [7, 11) is -4.00. The van der Waals surface area contributed by atoms with E-state index in [1.54, 1.807) is 38.1 Å². The number of halogens is 1. The standard InChI is InChI=1S/C22H21ClN2O5S/c1-13-9-14(2)16(4)22(15(13)3)31(28,29)24-18-10-19(25(26)27)12-21(11-18)30-20-7-5-17(23)6-8-20/h5-12,24H,1-4H3. The molecule has 0 radical (unpaired) electrons. The highest BCUT2D eigenvalue weighted by Gasteiger charge is 2.23. The highest BCUT2D eigenvalue weighted by molar-refractivity contribution is 7.92. The first-order valence-electron chi connectivity index (χ1n) is 9.31. The molecule has 0 unspecified atom stereocenters. The number of nitrogens with one attached hydrogen (secondary N) is 1. The molecule has 0 heterocycles. The number of benzene rings is 3. The molecule has 0 bridgehead atoms. The van der Waals surface area contributed by atoms with Crippen LogP contribution in [-0.4, -0.2) is 13.3 Å². The molecule has 1 N–H and O–H groups in total. The van der Waals surface area contributed by atoms with E-state index in [-0.39, 0.29) is 22.0 Å². The van der Waals surface area contributed by atoms with E-state index in [2.05, 4.69) is 4.72 Å². The second-order valence-corrected chi connectivity index (χ2v) is 9.28. The van der Waals surface area contributed by atoms with E-state index in [9.17, 15) is 18.5 Å². The zero-order chi connectivity index (χ0) is 22.9. The highest BCUT2D eigenvalue weighted by Crippen LogP contribution is 2.33. The summed E-state index contributed by atoms with van der Waals surface area (Å²) in [5, 5.41) is 11.9. The Morgan fingerprint density at radius 1 is 0.903 bits per heavy atom. The van der Waals surface area contributed by atoms with Crippen LogP contribution in [0.3, 0.4) is 0 Å². The van der Waals surface area contributed by atoms with Crippen LogP contribution in [0.1, 0.15) is 22.3 Å². The predicted octanol–water partition coefficient (Wildman–Crippen LogP) is 6.07. The van der Waals surface area contributed by atoms with E-state index in [0.717, 1.165) is 17.2 Å². The van der Waals surface area contributed by atoms with E-state index >= 15 is 0 Å². The van der Waals surface area contributed by atoms with Crippen molar-refractivity contribution in [3.8, 4) is 11.5 Å². The number of rotatable bonds is 6. The molecule has 162 valence electrons. The number of sulfonamides is 1. The van der Waals surface area contributed by atoms with Gasteiger partial charge in [0, 0.05) is 17.2 Å². The molecule has 3 aromatic carbocycles. The lowest BCUT2D eigenvalue weighted by Gasteiger charge is -2.17. The van der Waals surface area contributed by atoms with Crippen molar-refractivity contribution in [2.75, 3.05) is 4.72 Å². The maximum absolute atomic E-state index is 13.2. The van der Waals surface area contributed by atoms with Crippen LogP contribution < -0.4 is 9.46 Å². The molecule has 9 heteroatoms. The van der Waals surface area contributed by atoms with Gasteiger partial charge in [-0.2, -0.15) is 0 Å². The number of non-ortho nitro benzene ring substituents is 1. The van der Waals surface area contributed by atoms with Gasteiger partial charge >= 0.3 is 0 Å². The van der Waals surface area contributed by atoms with Gasteiger partial charge in [-0.25, -0.2) is 8.42 Å². The van der Waals surface area contributed by atoms with Gasteiger partial charge in [-0.1, -0.05) is 17.7 Å². The summed E-state index contributed by atoms with van der Waals surface area (Å²) in [6, 6.07) is 12.1. The molecule has 3 aromatic rings. The minimum atomic E-state index is -4.00. The molecule has 0 aliphatic carbocycles. The molecule has 3 rings (SSSR count). The number of aryl methyl sites for hydroxylation is 2. The van der Waals surface area contributed by atoms with E-state index < -0.39 is 14.9 Å². The largest absolute Gasteiger partial charge is 0.457 e. The van der Waals surface area contributed by atoms with Crippen molar-refractivity contribution in [3.05, 3.63) is 85.9 Å². The lowest BCUT2D eigenvalue weighted by atomic mass is 10.0. The summed E-state index contributed by atoms with van der Waals surface area (Å²) in [5.41, 5.74) is 2.65. The van der Waals surface area contributed by atoms with Crippen molar-refractivity contribution in [2.24, 2.45) is 0 Å². The summed E-state index contributed by atoms with van der Waals surface area (Å²) in [5.74, 6) is 0.516. The SMILES string of the molecule is Cc1cc(C)c(C)c(S(=O)(=O)Nc2cc(Oc3ccc(Cl)cc3)cc([N+](=O)[O-])c2)c1C. The minimum Gasteiger partial charge on any atom is -0.457 e. The lowest BCUT2D eigenvalue weighted by Crippen LogP contribution is -2.17. The number of nitrogens with zero attached hydrogens (tertiary/aromatic N) is 1. The highest BCUT2D eigenvalue weighted by atomic mass is 35.5. The van der Waals surface area contributed by atoms with Gasteiger partial charge in [-0.15, -0.1) is 0 Å². The number of hydrogen-bond donors (Lipinski definition) is 1. The van der Waals surface area contributed by atoms with Crippen molar-refractivity contribution < 1.29 is 18.1 Å². The van der Waals surface area contributed by atoms with Gasteiger partial charge < -0.3 is 4.74 Å². The van der Waals surface area contributed by atoms with E-state index in [0.29, 0.717) is 21.9 Å². The van der Waals surface area contributed by atoms with Gasteiger partial charge in [0.1, 0.15) is 11.5 Å². The summed E-state index contributed by atoms with van der Waals surface area (Å²) < 4.78 is 34.5. The Morgan fingerprint density at radius 3 is 2.03 bits per heavy atom. The molecule has 0 aliphatic rings. The predicted molar refractivity (Wildman–Crippen MR) is 121 cm³/mol. The van der Waals surface area contributed by atoms with Crippen molar-refractivity contribution in [2.45, 2.75) is 32.6 Å². The lowest BCUT2D eigenvalue weighted by molar-refractivity contribution is -0.384. The van der Waals surface area contributed by atoms with Gasteiger partial charge in [0.15, 0.2) is 0 Å². The zero-order valence-corrected chi connectivity index (χ0v) is 19.0. The minimum absolute atomic E-state index is 0.0242. The fraction of sp³-hybridized carbons (Fsp3) is 0.182. The van der Waals surface area contributed by atoms with Crippen molar-refractivity contribution in [3.63, 3.8) is 0 Å². The molecule has 0 amide bonds. The molecule has 0 aliphatic heterocycles. The second kappa shape index (κ2) is 8.56. The molecular weight excluding hydrogens is 440 g/mol. The molecular formula is C22H21ClN2O5S. The van der Waals surface area contributed by atoms with Crippen LogP contribution >= 0.6 is 11.6 Å². The van der Waals surface area contributed by atoms with Gasteiger partial charge in [0.05, 0.1) is 21.6 Å². The van der Waals surface area contributed by atoms with Crippen LogP contribution in [0, 0.1) is 37.8 Å². The first kappa shape index (κ1) is 22.6. The quantitative estimate of drug-likeness (QED) is 0.355. The average molecular weight is 461 g/mol. The molecule has 0 saturated carbocycles. The Balaban J connectivity index is 2.04. The molecule has 7 nitrogen and oxygen atoms in total. The summed E-state index contributed by atoms with van der Waals surface area (Å²) in [6.45, 7) is 7.15. The topological polar surface area (TPSA) is 98.5 Å². The van der Waals surface area contributed by atoms with Crippen LogP contribution in [0.25, 0.3) is 0 Å². The van der Waals surface area contributed by atoms with Gasteiger partial charge in [-0.3, -0.25) is 14.8 Å². The van der Waals surface area contributed by atoms with Gasteiger partial charge in [-0.05, 0) is 74.2 Å². The maximum atomic E-state index is 13.2. The number of nitro groups is 1. The Labute approximate surface area is 185 Å². The summed E-state index contributed by atoms with van der Waals surface area (Å²) in [6.07, 6.45) is 0. The van der Waals surface area contributed by atoms with Crippen LogP contribution in [0.15, 0.2) is 53.4 Å². The van der Waals surface area contributed by atoms with Crippen molar-refractivity contribution in [1.82, 2.24) is 0 Å². The Morgan fingerprint density at radius 2 is 1.48 bits per heavy atom. The van der Waals surface area contributed by atoms with E-state index in [4.69, 9.17) is 16.3 Å². The third-order valence-corrected chi connectivity index (χ3v) is 6.88. The Bertz CT molecular complexity index is 1250. The van der Waals surface area contributed by atoms with Crippen LogP contribution in [0.5, 0.6) is 11.5 Å². The fourth-order valence-electron chi connectivity index (χ4n) is 3.24. The second-order valence-electron chi connectivity index (χ2n) is 7.22. The Kier molecular flexibility index (Phi) is 6.24. The van der Waals surface area contributed by atoms with Crippen LogP contribution in [0.2, 0.25) is 5.02 Å². The third-order valence-electron chi connectivity index (χ3n) is 4.97. The number of nitro benzene ring substituents is 1. The summed E-state index contributed by atoms with van der Waals surface area (Å²) in [4.78, 5) is 10.9. The van der Waals surface area contributed by atoms with Crippen molar-refractivity contribution in [1.29, 1.82) is 0 Å². The molecule has 0 aromatic heterocycles. The van der Waals surface area contributed by atoms with Crippen molar-refractivity contribution >= 4 is 33.0 Å². The smallest absolute Gasteiger partial charge is 0.275 e. The first-order chi connectivity index (χ1) is 14.5.